The molecule has 0 aliphatic carbocycles. The van der Waals surface area contributed by atoms with Crippen molar-refractivity contribution >= 4 is 11.7 Å². The van der Waals surface area contributed by atoms with Crippen molar-refractivity contribution in [3.63, 3.8) is 0 Å². The third-order valence-corrected chi connectivity index (χ3v) is 2.29. The molecule has 0 aromatic carbocycles. The molecule has 6 nitrogen and oxygen atoms in total. The number of aliphatic carboxylic acids is 1. The number of ether oxygens (including phenoxy) is 2. The van der Waals surface area contributed by atoms with E-state index in [0.29, 0.717) is 25.5 Å². The second kappa shape index (κ2) is 9.76. The van der Waals surface area contributed by atoms with Crippen molar-refractivity contribution in [2.45, 2.75) is 19.9 Å². The molecule has 0 aliphatic heterocycles. The van der Waals surface area contributed by atoms with E-state index in [0.717, 1.165) is 0 Å². The van der Waals surface area contributed by atoms with Crippen LogP contribution in [0.5, 0.6) is 0 Å². The van der Waals surface area contributed by atoms with E-state index < -0.39 is 5.97 Å². The van der Waals surface area contributed by atoms with Crippen molar-refractivity contribution < 1.29 is 19.4 Å². The lowest BCUT2D eigenvalue weighted by Crippen LogP contribution is -2.37. The van der Waals surface area contributed by atoms with E-state index in [-0.39, 0.29) is 11.8 Å². The van der Waals surface area contributed by atoms with Crippen LogP contribution in [0.1, 0.15) is 13.8 Å². The number of hydrogen-bond donors (Lipinski definition) is 2. The van der Waals surface area contributed by atoms with Crippen LogP contribution < -0.4 is 5.32 Å². The number of methoxy groups -OCH3 is 2. The molecule has 0 spiro atoms. The molecule has 0 amide bonds. The maximum absolute atomic E-state index is 10.8. The van der Waals surface area contributed by atoms with Crippen molar-refractivity contribution in [1.82, 2.24) is 5.32 Å². The van der Waals surface area contributed by atoms with Gasteiger partial charge in [0, 0.05) is 20.8 Å². The zero-order valence-electron chi connectivity index (χ0n) is 11.4. The van der Waals surface area contributed by atoms with Gasteiger partial charge >= 0.3 is 5.97 Å². The summed E-state index contributed by atoms with van der Waals surface area (Å²) < 4.78 is 10.0. The molecule has 0 rings (SSSR count). The molecule has 0 aliphatic rings. The minimum absolute atomic E-state index is 0.0535. The summed E-state index contributed by atoms with van der Waals surface area (Å²) in [5, 5.41) is 12.0. The van der Waals surface area contributed by atoms with Gasteiger partial charge in [-0.25, -0.2) is 9.79 Å². The molecule has 6 heteroatoms. The van der Waals surface area contributed by atoms with E-state index in [1.165, 1.54) is 6.92 Å². The third-order valence-electron chi connectivity index (χ3n) is 2.29. The van der Waals surface area contributed by atoms with E-state index >= 15 is 0 Å². The smallest absolute Gasteiger partial charge is 0.349 e. The second-order valence-corrected chi connectivity index (χ2v) is 3.67. The maximum Gasteiger partial charge on any atom is 0.349 e. The number of carboxylic acid groups (broad SMARTS) is 1. The Morgan fingerprint density at radius 3 is 2.56 bits per heavy atom. The normalized spacial score (nSPS) is 14.7. The summed E-state index contributed by atoms with van der Waals surface area (Å²) >= 11 is 0. The van der Waals surface area contributed by atoms with Gasteiger partial charge in [-0.15, -0.1) is 0 Å². The largest absolute Gasteiger partial charge is 0.477 e. The summed E-state index contributed by atoms with van der Waals surface area (Å²) in [6, 6.07) is -0.149. The maximum atomic E-state index is 10.8. The first kappa shape index (κ1) is 16.8. The van der Waals surface area contributed by atoms with Crippen molar-refractivity contribution in [2.75, 3.05) is 34.0 Å². The Morgan fingerprint density at radius 2 is 2.11 bits per heavy atom. The molecule has 1 unspecified atom stereocenters. The van der Waals surface area contributed by atoms with Crippen LogP contribution in [0.2, 0.25) is 0 Å². The van der Waals surface area contributed by atoms with Crippen LogP contribution in [0.3, 0.4) is 0 Å². The van der Waals surface area contributed by atoms with Crippen LogP contribution in [-0.4, -0.2) is 56.8 Å². The fourth-order valence-corrected chi connectivity index (χ4v) is 1.34. The first-order valence-corrected chi connectivity index (χ1v) is 5.72. The quantitative estimate of drug-likeness (QED) is 0.470. The van der Waals surface area contributed by atoms with Crippen LogP contribution in [0, 0.1) is 0 Å². The summed E-state index contributed by atoms with van der Waals surface area (Å²) in [7, 11) is 3.21. The highest BCUT2D eigenvalue weighted by Gasteiger charge is 2.14. The Labute approximate surface area is 108 Å². The standard InChI is InChI=1S/C12H22N2O4/c1-5-10(14-9(2)12(15)16)11(8-18-4)13-6-7-17-3/h5,11,13H,6-8H2,1-4H3,(H,15,16)/b10-5-,14-9+. The molecule has 0 aromatic heterocycles. The Hall–Kier alpha value is -1.24. The molecular formula is C12H22N2O4. The average molecular weight is 258 g/mol. The van der Waals surface area contributed by atoms with Gasteiger partial charge in [-0.3, -0.25) is 0 Å². The van der Waals surface area contributed by atoms with Gasteiger partial charge in [0.2, 0.25) is 0 Å². The predicted octanol–water partition coefficient (Wildman–Crippen LogP) is 0.687. The highest BCUT2D eigenvalue weighted by atomic mass is 16.5. The van der Waals surface area contributed by atoms with E-state index in [4.69, 9.17) is 14.6 Å². The molecule has 0 aromatic rings. The van der Waals surface area contributed by atoms with Crippen molar-refractivity contribution in [3.8, 4) is 0 Å². The fraction of sp³-hybridized carbons (Fsp3) is 0.667. The van der Waals surface area contributed by atoms with Gasteiger partial charge in [0.15, 0.2) is 0 Å². The Morgan fingerprint density at radius 1 is 1.44 bits per heavy atom. The molecule has 0 saturated carbocycles. The number of allylic oxidation sites excluding steroid dienone is 1. The molecule has 18 heavy (non-hydrogen) atoms. The van der Waals surface area contributed by atoms with Crippen LogP contribution in [-0.2, 0) is 14.3 Å². The molecule has 104 valence electrons. The lowest BCUT2D eigenvalue weighted by atomic mass is 10.2. The minimum Gasteiger partial charge on any atom is -0.477 e. The number of hydrogen-bond acceptors (Lipinski definition) is 5. The number of carboxylic acids is 1. The molecule has 0 fully saturated rings. The number of aliphatic imine (C=N–C) groups is 1. The SMILES string of the molecule is C/C=C(\N=C(/C)C(=O)O)C(COC)NCCOC. The number of nitrogens with one attached hydrogen (secondary N) is 1. The van der Waals surface area contributed by atoms with Gasteiger partial charge in [-0.1, -0.05) is 6.08 Å². The van der Waals surface area contributed by atoms with Crippen LogP contribution >= 0.6 is 0 Å². The minimum atomic E-state index is -1.03. The predicted molar refractivity (Wildman–Crippen MR) is 70.0 cm³/mol. The van der Waals surface area contributed by atoms with E-state index in [2.05, 4.69) is 10.3 Å². The molecule has 0 saturated heterocycles. The number of rotatable bonds is 9. The highest BCUT2D eigenvalue weighted by Crippen LogP contribution is 2.06. The summed E-state index contributed by atoms with van der Waals surface area (Å²) in [6.07, 6.45) is 1.77. The van der Waals surface area contributed by atoms with Gasteiger partial charge < -0.3 is 19.9 Å². The topological polar surface area (TPSA) is 80.2 Å². The summed E-state index contributed by atoms with van der Waals surface area (Å²) in [4.78, 5) is 14.8. The summed E-state index contributed by atoms with van der Waals surface area (Å²) in [5.41, 5.74) is 0.700. The number of carbonyl (C=O) groups is 1. The average Bonchev–Trinajstić information content (AvgIpc) is 2.34. The zero-order chi connectivity index (χ0) is 14.0. The number of nitrogens with zero attached hydrogens (tertiary/aromatic N) is 1. The zero-order valence-corrected chi connectivity index (χ0v) is 11.4. The lowest BCUT2D eigenvalue weighted by molar-refractivity contribution is -0.129. The molecular weight excluding hydrogens is 236 g/mol. The molecule has 0 bridgehead atoms. The van der Waals surface area contributed by atoms with E-state index in [1.54, 1.807) is 20.3 Å². The Balaban J connectivity index is 4.72. The molecule has 0 heterocycles. The molecule has 2 N–H and O–H groups in total. The van der Waals surface area contributed by atoms with Gasteiger partial charge in [-0.05, 0) is 13.8 Å². The van der Waals surface area contributed by atoms with Crippen molar-refractivity contribution in [3.05, 3.63) is 11.8 Å². The summed E-state index contributed by atoms with van der Waals surface area (Å²) in [5.74, 6) is -1.03. The van der Waals surface area contributed by atoms with Gasteiger partial charge in [0.05, 0.1) is 25.0 Å². The monoisotopic (exact) mass is 258 g/mol. The molecule has 0 radical (unpaired) electrons. The van der Waals surface area contributed by atoms with E-state index in [9.17, 15) is 4.79 Å². The Kier molecular flexibility index (Phi) is 9.08. The van der Waals surface area contributed by atoms with Gasteiger partial charge in [0.25, 0.3) is 0 Å². The van der Waals surface area contributed by atoms with Crippen LogP contribution in [0.25, 0.3) is 0 Å². The van der Waals surface area contributed by atoms with Gasteiger partial charge in [0.1, 0.15) is 5.71 Å². The Bertz CT molecular complexity index is 313. The highest BCUT2D eigenvalue weighted by molar-refractivity contribution is 6.34. The second-order valence-electron chi connectivity index (χ2n) is 3.67. The fourth-order valence-electron chi connectivity index (χ4n) is 1.34. The third kappa shape index (κ3) is 6.48. The van der Waals surface area contributed by atoms with Gasteiger partial charge in [-0.2, -0.15) is 0 Å². The molecule has 1 atom stereocenters. The van der Waals surface area contributed by atoms with Crippen LogP contribution in [0.15, 0.2) is 16.8 Å². The first-order chi connectivity index (χ1) is 8.56. The van der Waals surface area contributed by atoms with Crippen molar-refractivity contribution in [1.29, 1.82) is 0 Å². The van der Waals surface area contributed by atoms with Crippen LogP contribution in [0.4, 0.5) is 0 Å². The lowest BCUT2D eigenvalue weighted by Gasteiger charge is -2.18. The van der Waals surface area contributed by atoms with Crippen molar-refractivity contribution in [2.24, 2.45) is 4.99 Å². The first-order valence-electron chi connectivity index (χ1n) is 5.72. The van der Waals surface area contributed by atoms with E-state index in [1.807, 2.05) is 6.92 Å². The summed E-state index contributed by atoms with van der Waals surface area (Å²) in [6.45, 7) is 4.90.